The van der Waals surface area contributed by atoms with E-state index in [1.807, 2.05) is 0 Å². The third-order valence-corrected chi connectivity index (χ3v) is 4.11. The van der Waals surface area contributed by atoms with Crippen LogP contribution >= 0.6 is 0 Å². The van der Waals surface area contributed by atoms with Crippen LogP contribution in [0.5, 0.6) is 0 Å². The maximum atomic E-state index is 12.1. The fourth-order valence-electron chi connectivity index (χ4n) is 2.94. The number of rotatable bonds is 4. The smallest absolute Gasteiger partial charge is 0.306 e. The van der Waals surface area contributed by atoms with Crippen molar-refractivity contribution in [3.63, 3.8) is 0 Å². The van der Waals surface area contributed by atoms with Gasteiger partial charge in [-0.2, -0.15) is 10.2 Å². The third-order valence-electron chi connectivity index (χ3n) is 4.11. The lowest BCUT2D eigenvalue weighted by atomic mass is 9.86. The molecular weight excluding hydrogens is 302 g/mol. The molecule has 1 amide bonds. The van der Waals surface area contributed by atoms with Gasteiger partial charge in [-0.05, 0) is 25.3 Å². The summed E-state index contributed by atoms with van der Waals surface area (Å²) in [5.41, 5.74) is -0.0522. The summed E-state index contributed by atoms with van der Waals surface area (Å²) in [6.07, 6.45) is 5.43. The Hall–Kier alpha value is -2.71. The van der Waals surface area contributed by atoms with E-state index in [2.05, 4.69) is 15.5 Å². The van der Waals surface area contributed by atoms with Crippen LogP contribution in [0.4, 0.5) is 0 Å². The van der Waals surface area contributed by atoms with Crippen LogP contribution in [0.1, 0.15) is 25.7 Å². The van der Waals surface area contributed by atoms with Crippen LogP contribution in [0.3, 0.4) is 0 Å². The molecule has 3 rings (SSSR count). The Morgan fingerprint density at radius 1 is 1.35 bits per heavy atom. The van der Waals surface area contributed by atoms with Crippen molar-refractivity contribution >= 4 is 17.4 Å². The van der Waals surface area contributed by atoms with Crippen molar-refractivity contribution in [1.29, 1.82) is 0 Å². The highest BCUT2D eigenvalue weighted by Gasteiger charge is 2.27. The second-order valence-electron chi connectivity index (χ2n) is 5.72. The lowest BCUT2D eigenvalue weighted by Crippen LogP contribution is -2.42. The second kappa shape index (κ2) is 6.19. The first-order chi connectivity index (χ1) is 11.0. The lowest BCUT2D eigenvalue weighted by Gasteiger charge is -2.27. The number of carboxylic acids is 1. The zero-order valence-corrected chi connectivity index (χ0v) is 12.4. The Balaban J connectivity index is 1.65. The van der Waals surface area contributed by atoms with E-state index < -0.39 is 17.4 Å². The van der Waals surface area contributed by atoms with Crippen LogP contribution < -0.4 is 10.9 Å². The highest BCUT2D eigenvalue weighted by molar-refractivity contribution is 5.76. The monoisotopic (exact) mass is 319 g/mol. The quantitative estimate of drug-likeness (QED) is 0.795. The van der Waals surface area contributed by atoms with Gasteiger partial charge in [-0.3, -0.25) is 14.4 Å². The van der Waals surface area contributed by atoms with Crippen LogP contribution in [-0.4, -0.2) is 42.4 Å². The van der Waals surface area contributed by atoms with Crippen molar-refractivity contribution in [3.8, 4) is 0 Å². The molecule has 1 aliphatic carbocycles. The zero-order chi connectivity index (χ0) is 16.4. The summed E-state index contributed by atoms with van der Waals surface area (Å²) in [7, 11) is 0. The van der Waals surface area contributed by atoms with Crippen LogP contribution in [-0.2, 0) is 16.1 Å². The van der Waals surface area contributed by atoms with Crippen molar-refractivity contribution in [2.75, 3.05) is 0 Å². The van der Waals surface area contributed by atoms with Crippen LogP contribution in [0.25, 0.3) is 5.52 Å². The first-order valence-electron chi connectivity index (χ1n) is 7.46. The number of nitrogens with zero attached hydrogens (tertiary/aromatic N) is 4. The van der Waals surface area contributed by atoms with Gasteiger partial charge in [-0.1, -0.05) is 6.42 Å². The number of aliphatic carboxylic acids is 1. The summed E-state index contributed by atoms with van der Waals surface area (Å²) in [4.78, 5) is 35.3. The number of carbonyl (C=O) groups excluding carboxylic acids is 1. The molecule has 122 valence electrons. The standard InChI is InChI=1S/C14H17N5O4/c20-12(17-10-3-1-2-9(6-10)14(22)23)7-18-13(21)11-4-5-15-19(11)8-16-18/h4-5,8-10H,1-3,6-7H2,(H,17,20)(H,22,23). The maximum absolute atomic E-state index is 12.1. The van der Waals surface area contributed by atoms with Gasteiger partial charge in [0.15, 0.2) is 0 Å². The summed E-state index contributed by atoms with van der Waals surface area (Å²) < 4.78 is 2.42. The van der Waals surface area contributed by atoms with Crippen molar-refractivity contribution in [1.82, 2.24) is 24.7 Å². The maximum Gasteiger partial charge on any atom is 0.306 e. The van der Waals surface area contributed by atoms with Crippen molar-refractivity contribution in [3.05, 3.63) is 28.9 Å². The molecule has 1 fully saturated rings. The molecule has 1 saturated carbocycles. The predicted molar refractivity (Wildman–Crippen MR) is 78.8 cm³/mol. The van der Waals surface area contributed by atoms with Crippen molar-refractivity contribution < 1.29 is 14.7 Å². The highest BCUT2D eigenvalue weighted by Crippen LogP contribution is 2.24. The van der Waals surface area contributed by atoms with Gasteiger partial charge in [0.2, 0.25) is 5.91 Å². The molecule has 0 bridgehead atoms. The van der Waals surface area contributed by atoms with Gasteiger partial charge >= 0.3 is 5.97 Å². The molecule has 9 heteroatoms. The van der Waals surface area contributed by atoms with Gasteiger partial charge in [-0.15, -0.1) is 0 Å². The molecule has 2 atom stereocenters. The predicted octanol–water partition coefficient (Wildman–Crippen LogP) is -0.349. The Labute approximate surface area is 130 Å². The average Bonchev–Trinajstić information content (AvgIpc) is 2.99. The van der Waals surface area contributed by atoms with Gasteiger partial charge in [0.1, 0.15) is 18.4 Å². The summed E-state index contributed by atoms with van der Waals surface area (Å²) >= 11 is 0. The van der Waals surface area contributed by atoms with E-state index in [0.29, 0.717) is 18.4 Å². The lowest BCUT2D eigenvalue weighted by molar-refractivity contribution is -0.143. The fourth-order valence-corrected chi connectivity index (χ4v) is 2.94. The molecule has 0 spiro atoms. The van der Waals surface area contributed by atoms with Crippen molar-refractivity contribution in [2.45, 2.75) is 38.3 Å². The Bertz CT molecular complexity index is 796. The van der Waals surface area contributed by atoms with Crippen LogP contribution in [0, 0.1) is 5.92 Å². The SMILES string of the molecule is O=C(Cn1ncn2nccc2c1=O)NC1CCCC(C(=O)O)C1. The van der Waals surface area contributed by atoms with Crippen LogP contribution in [0.2, 0.25) is 0 Å². The first-order valence-corrected chi connectivity index (χ1v) is 7.46. The largest absolute Gasteiger partial charge is 0.481 e. The molecule has 2 N–H and O–H groups in total. The fraction of sp³-hybridized carbons (Fsp3) is 0.500. The summed E-state index contributed by atoms with van der Waals surface area (Å²) in [6.45, 7) is -0.200. The van der Waals surface area contributed by atoms with E-state index in [1.165, 1.54) is 17.0 Å². The van der Waals surface area contributed by atoms with E-state index in [-0.39, 0.29) is 18.5 Å². The third kappa shape index (κ3) is 3.22. The van der Waals surface area contributed by atoms with E-state index >= 15 is 0 Å². The molecule has 23 heavy (non-hydrogen) atoms. The second-order valence-corrected chi connectivity index (χ2v) is 5.72. The summed E-state index contributed by atoms with van der Waals surface area (Å²) in [5.74, 6) is -1.59. The number of aromatic nitrogens is 4. The summed E-state index contributed by atoms with van der Waals surface area (Å²) in [6, 6.07) is 1.38. The number of hydrogen-bond donors (Lipinski definition) is 2. The first kappa shape index (κ1) is 15.2. The molecule has 0 aromatic carbocycles. The summed E-state index contributed by atoms with van der Waals surface area (Å²) in [5, 5.41) is 19.7. The minimum Gasteiger partial charge on any atom is -0.481 e. The van der Waals surface area contributed by atoms with Crippen molar-refractivity contribution in [2.24, 2.45) is 5.92 Å². The average molecular weight is 319 g/mol. The highest BCUT2D eigenvalue weighted by atomic mass is 16.4. The van der Waals surface area contributed by atoms with Crippen LogP contribution in [0.15, 0.2) is 23.4 Å². The zero-order valence-electron chi connectivity index (χ0n) is 12.4. The van der Waals surface area contributed by atoms with Gasteiger partial charge < -0.3 is 10.4 Å². The number of amides is 1. The normalized spacial score (nSPS) is 21.2. The van der Waals surface area contributed by atoms with Gasteiger partial charge in [0.25, 0.3) is 5.56 Å². The van der Waals surface area contributed by atoms with E-state index in [4.69, 9.17) is 5.11 Å². The van der Waals surface area contributed by atoms with Gasteiger partial charge in [-0.25, -0.2) is 9.20 Å². The van der Waals surface area contributed by atoms with E-state index in [0.717, 1.165) is 17.5 Å². The number of nitrogens with one attached hydrogen (secondary N) is 1. The topological polar surface area (TPSA) is 119 Å². The molecule has 0 radical (unpaired) electrons. The molecule has 2 unspecified atom stereocenters. The number of hydrogen-bond acceptors (Lipinski definition) is 5. The Morgan fingerprint density at radius 2 is 2.17 bits per heavy atom. The van der Waals surface area contributed by atoms with Gasteiger partial charge in [0.05, 0.1) is 12.1 Å². The molecule has 0 saturated heterocycles. The Morgan fingerprint density at radius 3 is 2.96 bits per heavy atom. The molecule has 2 aromatic heterocycles. The number of carboxylic acid groups (broad SMARTS) is 1. The molecule has 9 nitrogen and oxygen atoms in total. The minimum absolute atomic E-state index is 0.174. The van der Waals surface area contributed by atoms with E-state index in [9.17, 15) is 14.4 Å². The molecule has 1 aliphatic rings. The molecule has 0 aliphatic heterocycles. The number of carbonyl (C=O) groups is 2. The van der Waals surface area contributed by atoms with E-state index in [1.54, 1.807) is 6.07 Å². The molecule has 2 aromatic rings. The van der Waals surface area contributed by atoms with Gasteiger partial charge in [0, 0.05) is 6.04 Å². The Kier molecular flexibility index (Phi) is 4.09. The number of fused-ring (bicyclic) bond motifs is 1. The molecule has 2 heterocycles. The minimum atomic E-state index is -0.826. The molecular formula is C14H17N5O4.